The molecule has 1 fully saturated rings. The predicted octanol–water partition coefficient (Wildman–Crippen LogP) is 3.75. The van der Waals surface area contributed by atoms with E-state index in [1.54, 1.807) is 0 Å². The van der Waals surface area contributed by atoms with E-state index in [-0.39, 0.29) is 0 Å². The highest BCUT2D eigenvalue weighted by Crippen LogP contribution is 2.32. The second kappa shape index (κ2) is 6.79. The van der Waals surface area contributed by atoms with Gasteiger partial charge in [-0.2, -0.15) is 0 Å². The van der Waals surface area contributed by atoms with Crippen LogP contribution in [0.4, 0.5) is 0 Å². The van der Waals surface area contributed by atoms with Crippen LogP contribution in [-0.4, -0.2) is 12.6 Å². The summed E-state index contributed by atoms with van der Waals surface area (Å²) in [6.07, 6.45) is 5.11. The van der Waals surface area contributed by atoms with E-state index in [0.29, 0.717) is 6.04 Å². The van der Waals surface area contributed by atoms with Crippen molar-refractivity contribution in [1.82, 2.24) is 5.32 Å². The number of hydrogen-bond donors (Lipinski definition) is 1. The third-order valence-electron chi connectivity index (χ3n) is 3.65. The van der Waals surface area contributed by atoms with Gasteiger partial charge in [0, 0.05) is 12.6 Å². The first-order chi connectivity index (χ1) is 8.79. The largest absolute Gasteiger partial charge is 0.494 e. The van der Waals surface area contributed by atoms with Crippen molar-refractivity contribution in [2.75, 3.05) is 6.61 Å². The van der Waals surface area contributed by atoms with Crippen molar-refractivity contribution < 1.29 is 4.74 Å². The molecule has 0 bridgehead atoms. The second-order valence-corrected chi connectivity index (χ2v) is 5.35. The molecule has 1 aromatic carbocycles. The highest BCUT2D eigenvalue weighted by atomic mass is 16.5. The molecule has 1 aliphatic rings. The van der Waals surface area contributed by atoms with E-state index >= 15 is 0 Å². The van der Waals surface area contributed by atoms with Crippen molar-refractivity contribution in [3.05, 3.63) is 29.8 Å². The fraction of sp³-hybridized carbons (Fsp3) is 0.625. The van der Waals surface area contributed by atoms with E-state index in [1.165, 1.54) is 24.8 Å². The first-order valence-electron chi connectivity index (χ1n) is 7.24. The molecule has 0 heterocycles. The maximum absolute atomic E-state index is 5.65. The topological polar surface area (TPSA) is 21.3 Å². The maximum Gasteiger partial charge on any atom is 0.119 e. The van der Waals surface area contributed by atoms with Crippen LogP contribution < -0.4 is 10.1 Å². The Bertz CT molecular complexity index is 343. The molecule has 0 aromatic heterocycles. The Morgan fingerprint density at radius 2 is 2.00 bits per heavy atom. The first-order valence-corrected chi connectivity index (χ1v) is 7.24. The Morgan fingerprint density at radius 1 is 1.28 bits per heavy atom. The van der Waals surface area contributed by atoms with Crippen molar-refractivity contribution in [2.24, 2.45) is 5.92 Å². The highest BCUT2D eigenvalue weighted by molar-refractivity contribution is 5.27. The van der Waals surface area contributed by atoms with Crippen molar-refractivity contribution in [2.45, 2.75) is 52.1 Å². The lowest BCUT2D eigenvalue weighted by Gasteiger charge is -2.13. The van der Waals surface area contributed by atoms with Crippen LogP contribution in [0.15, 0.2) is 24.3 Å². The van der Waals surface area contributed by atoms with E-state index in [9.17, 15) is 0 Å². The molecule has 2 rings (SSSR count). The summed E-state index contributed by atoms with van der Waals surface area (Å²) in [5, 5.41) is 3.59. The summed E-state index contributed by atoms with van der Waals surface area (Å²) >= 11 is 0. The zero-order valence-corrected chi connectivity index (χ0v) is 11.6. The smallest absolute Gasteiger partial charge is 0.119 e. The standard InChI is InChI=1S/C16H25NO/c1-3-4-11-18-16-9-5-14(6-10-16)12-17-13(2)15-7-8-15/h5-6,9-10,13,15,17H,3-4,7-8,11-12H2,1-2H3. The number of nitrogens with one attached hydrogen (secondary N) is 1. The van der Waals surface area contributed by atoms with E-state index in [0.717, 1.165) is 31.2 Å². The van der Waals surface area contributed by atoms with Crippen LogP contribution in [0.2, 0.25) is 0 Å². The highest BCUT2D eigenvalue weighted by Gasteiger charge is 2.27. The predicted molar refractivity (Wildman–Crippen MR) is 75.9 cm³/mol. The molecule has 1 aliphatic carbocycles. The maximum atomic E-state index is 5.65. The van der Waals surface area contributed by atoms with Gasteiger partial charge in [-0.25, -0.2) is 0 Å². The Balaban J connectivity index is 1.72. The van der Waals surface area contributed by atoms with Gasteiger partial charge in [0.1, 0.15) is 5.75 Å². The molecule has 1 aromatic rings. The normalized spacial score (nSPS) is 16.6. The summed E-state index contributed by atoms with van der Waals surface area (Å²) in [7, 11) is 0. The van der Waals surface area contributed by atoms with Gasteiger partial charge >= 0.3 is 0 Å². The Labute approximate surface area is 111 Å². The van der Waals surface area contributed by atoms with Crippen LogP contribution in [0.1, 0.15) is 45.1 Å². The lowest BCUT2D eigenvalue weighted by Crippen LogP contribution is -2.27. The Hall–Kier alpha value is -1.02. The monoisotopic (exact) mass is 247 g/mol. The van der Waals surface area contributed by atoms with Gasteiger partial charge in [0.2, 0.25) is 0 Å². The fourth-order valence-electron chi connectivity index (χ4n) is 2.08. The molecular formula is C16H25NO. The molecule has 2 heteroatoms. The number of hydrogen-bond acceptors (Lipinski definition) is 2. The molecule has 2 nitrogen and oxygen atoms in total. The first kappa shape index (κ1) is 13.4. The molecule has 1 N–H and O–H groups in total. The summed E-state index contributed by atoms with van der Waals surface area (Å²) in [5.41, 5.74) is 1.34. The summed E-state index contributed by atoms with van der Waals surface area (Å²) in [5.74, 6) is 1.91. The Kier molecular flexibility index (Phi) is 5.06. The number of unbranched alkanes of at least 4 members (excludes halogenated alkanes) is 1. The van der Waals surface area contributed by atoms with Crippen molar-refractivity contribution in [3.63, 3.8) is 0 Å². The molecule has 1 atom stereocenters. The summed E-state index contributed by atoms with van der Waals surface area (Å²) in [6, 6.07) is 9.13. The number of rotatable bonds is 8. The van der Waals surface area contributed by atoms with Crippen LogP contribution in [0, 0.1) is 5.92 Å². The zero-order valence-electron chi connectivity index (χ0n) is 11.6. The quantitative estimate of drug-likeness (QED) is 0.706. The van der Waals surface area contributed by atoms with Gasteiger partial charge in [0.05, 0.1) is 6.61 Å². The van der Waals surface area contributed by atoms with Gasteiger partial charge in [0.15, 0.2) is 0 Å². The fourth-order valence-corrected chi connectivity index (χ4v) is 2.08. The molecule has 0 amide bonds. The minimum atomic E-state index is 0.658. The van der Waals surface area contributed by atoms with Gasteiger partial charge in [-0.1, -0.05) is 25.5 Å². The summed E-state index contributed by atoms with van der Waals surface area (Å²) in [4.78, 5) is 0. The lowest BCUT2D eigenvalue weighted by molar-refractivity contribution is 0.309. The van der Waals surface area contributed by atoms with Crippen LogP contribution >= 0.6 is 0 Å². The zero-order chi connectivity index (χ0) is 12.8. The van der Waals surface area contributed by atoms with Gasteiger partial charge < -0.3 is 10.1 Å². The van der Waals surface area contributed by atoms with Crippen molar-refractivity contribution in [1.29, 1.82) is 0 Å². The van der Waals surface area contributed by atoms with Crippen LogP contribution in [-0.2, 0) is 6.54 Å². The third-order valence-corrected chi connectivity index (χ3v) is 3.65. The van der Waals surface area contributed by atoms with Crippen LogP contribution in [0.3, 0.4) is 0 Å². The molecular weight excluding hydrogens is 222 g/mol. The molecule has 100 valence electrons. The van der Waals surface area contributed by atoms with Gasteiger partial charge in [-0.05, 0) is 49.8 Å². The number of ether oxygens (including phenoxy) is 1. The lowest BCUT2D eigenvalue weighted by atomic mass is 10.1. The Morgan fingerprint density at radius 3 is 2.61 bits per heavy atom. The third kappa shape index (κ3) is 4.34. The average Bonchev–Trinajstić information content (AvgIpc) is 3.22. The summed E-state index contributed by atoms with van der Waals surface area (Å²) < 4.78 is 5.65. The van der Waals surface area contributed by atoms with Crippen LogP contribution in [0.25, 0.3) is 0 Å². The molecule has 0 radical (unpaired) electrons. The molecule has 1 unspecified atom stereocenters. The minimum absolute atomic E-state index is 0.658. The van der Waals surface area contributed by atoms with E-state index in [2.05, 4.69) is 43.4 Å². The molecule has 18 heavy (non-hydrogen) atoms. The SMILES string of the molecule is CCCCOc1ccc(CNC(C)C2CC2)cc1. The van der Waals surface area contributed by atoms with E-state index < -0.39 is 0 Å². The molecule has 1 saturated carbocycles. The average molecular weight is 247 g/mol. The molecule has 0 spiro atoms. The van der Waals surface area contributed by atoms with Gasteiger partial charge in [-0.15, -0.1) is 0 Å². The van der Waals surface area contributed by atoms with Crippen molar-refractivity contribution in [3.8, 4) is 5.75 Å². The van der Waals surface area contributed by atoms with Gasteiger partial charge in [-0.3, -0.25) is 0 Å². The second-order valence-electron chi connectivity index (χ2n) is 5.35. The van der Waals surface area contributed by atoms with Crippen LogP contribution in [0.5, 0.6) is 5.75 Å². The molecule has 0 aliphatic heterocycles. The minimum Gasteiger partial charge on any atom is -0.494 e. The number of benzene rings is 1. The van der Waals surface area contributed by atoms with Gasteiger partial charge in [0.25, 0.3) is 0 Å². The van der Waals surface area contributed by atoms with Crippen molar-refractivity contribution >= 4 is 0 Å². The van der Waals surface area contributed by atoms with E-state index in [1.807, 2.05) is 0 Å². The van der Waals surface area contributed by atoms with E-state index in [4.69, 9.17) is 4.74 Å². The summed E-state index contributed by atoms with van der Waals surface area (Å²) in [6.45, 7) is 6.26. The molecule has 0 saturated heterocycles.